The van der Waals surface area contributed by atoms with Crippen LogP contribution in [0.25, 0.3) is 55.2 Å². The van der Waals surface area contributed by atoms with Crippen molar-refractivity contribution in [3.05, 3.63) is 193 Å². The van der Waals surface area contributed by atoms with Crippen LogP contribution >= 0.6 is 0 Å². The smallest absolute Gasteiger partial charge is 0.182 e. The van der Waals surface area contributed by atoms with Gasteiger partial charge in [0.15, 0.2) is 8.07 Å². The first-order valence-electron chi connectivity index (χ1n) is 20.7. The van der Waals surface area contributed by atoms with Gasteiger partial charge in [0.05, 0.1) is 11.0 Å². The number of para-hydroxylation sites is 2. The minimum absolute atomic E-state index is 0.0140. The van der Waals surface area contributed by atoms with Crippen molar-refractivity contribution in [2.24, 2.45) is 0 Å². The third kappa shape index (κ3) is 5.94. The largest absolute Gasteiger partial charge is 0.294 e. The van der Waals surface area contributed by atoms with Crippen molar-refractivity contribution >= 4 is 72.7 Å². The summed E-state index contributed by atoms with van der Waals surface area (Å²) in [6.07, 6.45) is 4.35. The Morgan fingerprint density at radius 3 is 1.08 bits per heavy atom. The SMILES string of the molecule is CC(C)(C)c1ccc2c(c1)c1cc([Si](c3ccccc3)(c3ccccc3)c3cnc4c(c3)c3cc(C(C)(C)C)ccc3n4-c3ccccc3)cnc1n2-c1ccccc1. The average molecular weight is 781 g/mol. The average Bonchev–Trinajstić information content (AvgIpc) is 3.76. The zero-order valence-corrected chi connectivity index (χ0v) is 35.6. The molecule has 4 nitrogen and oxygen atoms in total. The zero-order valence-electron chi connectivity index (χ0n) is 34.6. The van der Waals surface area contributed by atoms with E-state index in [4.69, 9.17) is 9.97 Å². The second-order valence-corrected chi connectivity index (χ2v) is 21.8. The summed E-state index contributed by atoms with van der Waals surface area (Å²) in [6, 6.07) is 62.5. The van der Waals surface area contributed by atoms with E-state index in [9.17, 15) is 0 Å². The minimum Gasteiger partial charge on any atom is -0.294 e. The molecule has 4 heterocycles. The molecule has 10 aromatic rings. The lowest BCUT2D eigenvalue weighted by atomic mass is 9.86. The maximum atomic E-state index is 5.50. The Kier molecular flexibility index (Phi) is 8.59. The molecule has 59 heavy (non-hydrogen) atoms. The van der Waals surface area contributed by atoms with Crippen molar-refractivity contribution in [2.45, 2.75) is 52.4 Å². The Hall–Kier alpha value is -6.56. The predicted molar refractivity (Wildman–Crippen MR) is 252 cm³/mol. The topological polar surface area (TPSA) is 35.6 Å². The maximum absolute atomic E-state index is 5.50. The first-order valence-corrected chi connectivity index (χ1v) is 22.7. The van der Waals surface area contributed by atoms with Crippen LogP contribution in [0.1, 0.15) is 52.7 Å². The van der Waals surface area contributed by atoms with Crippen LogP contribution in [0.5, 0.6) is 0 Å². The van der Waals surface area contributed by atoms with Crippen molar-refractivity contribution in [1.82, 2.24) is 19.1 Å². The molecule has 0 bridgehead atoms. The number of benzene rings is 6. The standard InChI is InChI=1S/C54H48N4Si/c1-53(2,3)37-27-29-49-45(31-37)47-33-43(35-55-51(47)57(49)39-19-11-7-12-20-39)59(41-23-15-9-16-24-41,42-25-17-10-18-26-42)44-34-48-46-32-38(54(4,5)6)28-30-50(46)58(52(48)56-36-44)40-21-13-8-14-22-40/h7-36H,1-6H3. The number of aromatic nitrogens is 4. The number of nitrogens with zero attached hydrogens (tertiary/aromatic N) is 4. The monoisotopic (exact) mass is 780 g/mol. The lowest BCUT2D eigenvalue weighted by Gasteiger charge is -2.34. The maximum Gasteiger partial charge on any atom is 0.182 e. The van der Waals surface area contributed by atoms with Crippen molar-refractivity contribution in [2.75, 3.05) is 0 Å². The van der Waals surface area contributed by atoms with E-state index in [-0.39, 0.29) is 10.8 Å². The second-order valence-electron chi connectivity index (χ2n) is 18.0. The summed E-state index contributed by atoms with van der Waals surface area (Å²) < 4.78 is 4.65. The fraction of sp³-hybridized carbons (Fsp3) is 0.148. The molecule has 0 aliphatic rings. The molecule has 0 amide bonds. The van der Waals surface area contributed by atoms with E-state index >= 15 is 0 Å². The van der Waals surface area contributed by atoms with Gasteiger partial charge in [-0.1, -0.05) is 151 Å². The van der Waals surface area contributed by atoms with E-state index in [1.54, 1.807) is 0 Å². The van der Waals surface area contributed by atoms with Gasteiger partial charge in [0.1, 0.15) is 11.3 Å². The van der Waals surface area contributed by atoms with E-state index in [0.717, 1.165) is 44.5 Å². The van der Waals surface area contributed by atoms with Crippen LogP contribution in [-0.4, -0.2) is 27.2 Å². The van der Waals surface area contributed by atoms with Crippen LogP contribution in [0.4, 0.5) is 0 Å². The van der Waals surface area contributed by atoms with Gasteiger partial charge in [-0.15, -0.1) is 0 Å². The molecular weight excluding hydrogens is 733 g/mol. The van der Waals surface area contributed by atoms with Crippen LogP contribution in [0.3, 0.4) is 0 Å². The number of fused-ring (bicyclic) bond motifs is 6. The number of hydrogen-bond acceptors (Lipinski definition) is 2. The molecule has 288 valence electrons. The Morgan fingerprint density at radius 2 is 0.729 bits per heavy atom. The van der Waals surface area contributed by atoms with Crippen molar-refractivity contribution in [1.29, 1.82) is 0 Å². The van der Waals surface area contributed by atoms with Crippen molar-refractivity contribution in [3.63, 3.8) is 0 Å². The minimum atomic E-state index is -3.09. The van der Waals surface area contributed by atoms with Gasteiger partial charge in [0.2, 0.25) is 0 Å². The molecule has 0 spiro atoms. The molecule has 4 aromatic heterocycles. The summed E-state index contributed by atoms with van der Waals surface area (Å²) in [6.45, 7) is 13.7. The van der Waals surface area contributed by atoms with Gasteiger partial charge in [-0.3, -0.25) is 9.13 Å². The summed E-state index contributed by atoms with van der Waals surface area (Å²) in [5, 5.41) is 9.75. The van der Waals surface area contributed by atoms with Crippen molar-refractivity contribution < 1.29 is 0 Å². The highest BCUT2D eigenvalue weighted by Crippen LogP contribution is 2.36. The fourth-order valence-corrected chi connectivity index (χ4v) is 13.8. The lowest BCUT2D eigenvalue weighted by molar-refractivity contribution is 0.591. The van der Waals surface area contributed by atoms with Crippen LogP contribution in [0.2, 0.25) is 0 Å². The molecule has 0 fully saturated rings. The number of rotatable bonds is 6. The van der Waals surface area contributed by atoms with E-state index in [1.807, 2.05) is 0 Å². The first-order chi connectivity index (χ1) is 28.5. The fourth-order valence-electron chi connectivity index (χ4n) is 9.19. The molecule has 0 radical (unpaired) electrons. The lowest BCUT2D eigenvalue weighted by Crippen LogP contribution is -2.74. The molecular formula is C54H48N4Si. The number of pyridine rings is 2. The molecule has 0 atom stereocenters. The molecule has 0 unspecified atom stereocenters. The zero-order chi connectivity index (χ0) is 40.5. The first kappa shape index (κ1) is 36.8. The van der Waals surface area contributed by atoms with E-state index in [2.05, 4.69) is 233 Å². The van der Waals surface area contributed by atoms with Crippen LogP contribution < -0.4 is 20.7 Å². The third-order valence-electron chi connectivity index (χ3n) is 12.3. The summed E-state index contributed by atoms with van der Waals surface area (Å²) in [5.41, 5.74) is 9.00. The Labute approximate surface area is 347 Å². The molecule has 0 saturated carbocycles. The van der Waals surface area contributed by atoms with E-state index in [1.165, 1.54) is 42.6 Å². The van der Waals surface area contributed by atoms with Gasteiger partial charge in [-0.25, -0.2) is 9.97 Å². The molecule has 0 N–H and O–H groups in total. The highest BCUT2D eigenvalue weighted by Gasteiger charge is 2.43. The molecule has 5 heteroatoms. The van der Waals surface area contributed by atoms with Crippen LogP contribution in [-0.2, 0) is 10.8 Å². The van der Waals surface area contributed by atoms with Gasteiger partial charge in [0.25, 0.3) is 0 Å². The Bertz CT molecular complexity index is 2930. The van der Waals surface area contributed by atoms with Gasteiger partial charge in [0, 0.05) is 45.3 Å². The van der Waals surface area contributed by atoms with E-state index < -0.39 is 8.07 Å². The van der Waals surface area contributed by atoms with Crippen LogP contribution in [0.15, 0.2) is 182 Å². The van der Waals surface area contributed by atoms with Gasteiger partial charge in [-0.2, -0.15) is 0 Å². The Morgan fingerprint density at radius 1 is 0.373 bits per heavy atom. The second kappa shape index (κ2) is 13.8. The molecule has 0 saturated heterocycles. The van der Waals surface area contributed by atoms with Gasteiger partial charge in [-0.05, 0) is 103 Å². The summed E-state index contributed by atoms with van der Waals surface area (Å²) in [5.74, 6) is 0. The molecule has 0 aliphatic carbocycles. The quantitative estimate of drug-likeness (QED) is 0.158. The van der Waals surface area contributed by atoms with Gasteiger partial charge >= 0.3 is 0 Å². The summed E-state index contributed by atoms with van der Waals surface area (Å²) >= 11 is 0. The highest BCUT2D eigenvalue weighted by molar-refractivity contribution is 7.20. The van der Waals surface area contributed by atoms with E-state index in [0.29, 0.717) is 0 Å². The summed E-state index contributed by atoms with van der Waals surface area (Å²) in [7, 11) is -3.09. The predicted octanol–water partition coefficient (Wildman–Crippen LogP) is 10.6. The highest BCUT2D eigenvalue weighted by atomic mass is 28.3. The molecule has 6 aromatic carbocycles. The third-order valence-corrected chi connectivity index (χ3v) is 16.9. The molecule has 0 aliphatic heterocycles. The molecule has 10 rings (SSSR count). The van der Waals surface area contributed by atoms with Crippen molar-refractivity contribution in [3.8, 4) is 11.4 Å². The van der Waals surface area contributed by atoms with Crippen LogP contribution in [0, 0.1) is 0 Å². The van der Waals surface area contributed by atoms with Gasteiger partial charge < -0.3 is 0 Å². The number of hydrogen-bond donors (Lipinski definition) is 0. The normalized spacial score (nSPS) is 12.6. The Balaban J connectivity index is 1.33. The summed E-state index contributed by atoms with van der Waals surface area (Å²) in [4.78, 5) is 11.0.